The van der Waals surface area contributed by atoms with Gasteiger partial charge in [-0.25, -0.2) is 13.1 Å². The highest BCUT2D eigenvalue weighted by Crippen LogP contribution is 2.20. The number of halogens is 1. The fourth-order valence-electron chi connectivity index (χ4n) is 2.11. The van der Waals surface area contributed by atoms with Crippen LogP contribution in [-0.4, -0.2) is 27.5 Å². The van der Waals surface area contributed by atoms with Gasteiger partial charge in [-0.2, -0.15) is 0 Å². The minimum absolute atomic E-state index is 0.296. The standard InChI is InChI=1S/C12H17BrN2O2S/c13-11-5-1-2-6-12(11)18(16,17)15-9-7-10-4-3-8-14-10/h1-2,5-6,10,14-15H,3-4,7-9H2. The van der Waals surface area contributed by atoms with Gasteiger partial charge in [0.2, 0.25) is 10.0 Å². The first-order valence-electron chi connectivity index (χ1n) is 6.07. The zero-order chi connectivity index (χ0) is 13.0. The predicted octanol–water partition coefficient (Wildman–Crippen LogP) is 1.87. The van der Waals surface area contributed by atoms with Crippen LogP contribution in [-0.2, 0) is 10.0 Å². The Morgan fingerprint density at radius 1 is 1.39 bits per heavy atom. The van der Waals surface area contributed by atoms with Crippen LogP contribution in [0.15, 0.2) is 33.6 Å². The van der Waals surface area contributed by atoms with E-state index in [4.69, 9.17) is 0 Å². The Hall–Kier alpha value is -0.430. The summed E-state index contributed by atoms with van der Waals surface area (Å²) in [5.41, 5.74) is 0. The Morgan fingerprint density at radius 2 is 2.17 bits per heavy atom. The van der Waals surface area contributed by atoms with Gasteiger partial charge in [0.25, 0.3) is 0 Å². The fourth-order valence-corrected chi connectivity index (χ4v) is 4.16. The average molecular weight is 333 g/mol. The first-order valence-corrected chi connectivity index (χ1v) is 8.35. The molecule has 1 heterocycles. The topological polar surface area (TPSA) is 58.2 Å². The summed E-state index contributed by atoms with van der Waals surface area (Å²) in [6, 6.07) is 7.29. The van der Waals surface area contributed by atoms with E-state index in [1.165, 1.54) is 6.42 Å². The van der Waals surface area contributed by atoms with E-state index in [-0.39, 0.29) is 0 Å². The second-order valence-electron chi connectivity index (χ2n) is 4.41. The van der Waals surface area contributed by atoms with Crippen molar-refractivity contribution in [1.29, 1.82) is 0 Å². The number of hydrogen-bond donors (Lipinski definition) is 2. The largest absolute Gasteiger partial charge is 0.314 e. The third-order valence-corrected chi connectivity index (χ3v) is 5.55. The third kappa shape index (κ3) is 3.54. The summed E-state index contributed by atoms with van der Waals surface area (Å²) in [6.07, 6.45) is 3.15. The van der Waals surface area contributed by atoms with Gasteiger partial charge in [0.05, 0.1) is 4.90 Å². The van der Waals surface area contributed by atoms with Gasteiger partial charge in [-0.05, 0) is 53.9 Å². The molecule has 1 aliphatic rings. The molecular formula is C12H17BrN2O2S. The minimum Gasteiger partial charge on any atom is -0.314 e. The molecule has 0 spiro atoms. The molecule has 0 saturated carbocycles. The smallest absolute Gasteiger partial charge is 0.241 e. The van der Waals surface area contributed by atoms with Gasteiger partial charge in [0.15, 0.2) is 0 Å². The molecule has 2 rings (SSSR count). The Bertz CT molecular complexity index is 499. The van der Waals surface area contributed by atoms with Crippen LogP contribution in [0.2, 0.25) is 0 Å². The normalized spacial score (nSPS) is 20.2. The van der Waals surface area contributed by atoms with E-state index in [0.29, 0.717) is 22.0 Å². The zero-order valence-corrected chi connectivity index (χ0v) is 12.4. The number of benzene rings is 1. The van der Waals surface area contributed by atoms with Crippen LogP contribution in [0.25, 0.3) is 0 Å². The van der Waals surface area contributed by atoms with Crippen LogP contribution in [0.5, 0.6) is 0 Å². The maximum atomic E-state index is 12.1. The van der Waals surface area contributed by atoms with Crippen LogP contribution in [0, 0.1) is 0 Å². The Balaban J connectivity index is 1.93. The lowest BCUT2D eigenvalue weighted by Crippen LogP contribution is -2.30. The van der Waals surface area contributed by atoms with Crippen LogP contribution in [0.1, 0.15) is 19.3 Å². The van der Waals surface area contributed by atoms with E-state index in [0.717, 1.165) is 19.4 Å². The van der Waals surface area contributed by atoms with Crippen LogP contribution in [0.4, 0.5) is 0 Å². The quantitative estimate of drug-likeness (QED) is 0.865. The van der Waals surface area contributed by atoms with Crippen molar-refractivity contribution in [2.45, 2.75) is 30.2 Å². The van der Waals surface area contributed by atoms with Gasteiger partial charge in [0, 0.05) is 17.1 Å². The van der Waals surface area contributed by atoms with Gasteiger partial charge >= 0.3 is 0 Å². The molecule has 0 radical (unpaired) electrons. The van der Waals surface area contributed by atoms with E-state index in [2.05, 4.69) is 26.0 Å². The van der Waals surface area contributed by atoms with Crippen LogP contribution >= 0.6 is 15.9 Å². The van der Waals surface area contributed by atoms with Crippen LogP contribution in [0.3, 0.4) is 0 Å². The third-order valence-electron chi connectivity index (χ3n) is 3.07. The molecule has 1 aromatic carbocycles. The van der Waals surface area contributed by atoms with Crippen molar-refractivity contribution in [3.63, 3.8) is 0 Å². The average Bonchev–Trinajstić information content (AvgIpc) is 2.82. The molecule has 1 aliphatic heterocycles. The molecule has 100 valence electrons. The second kappa shape index (κ2) is 6.14. The molecule has 6 heteroatoms. The SMILES string of the molecule is O=S(=O)(NCCC1CCCN1)c1ccccc1Br. The molecule has 1 fully saturated rings. The summed E-state index contributed by atoms with van der Waals surface area (Å²) >= 11 is 3.26. The Kier molecular flexibility index (Phi) is 4.77. The number of sulfonamides is 1. The van der Waals surface area contributed by atoms with Gasteiger partial charge in [0.1, 0.15) is 0 Å². The summed E-state index contributed by atoms with van der Waals surface area (Å²) in [7, 11) is -3.41. The van der Waals surface area contributed by atoms with Gasteiger partial charge in [-0.15, -0.1) is 0 Å². The van der Waals surface area contributed by atoms with E-state index in [1.54, 1.807) is 24.3 Å². The highest BCUT2D eigenvalue weighted by atomic mass is 79.9. The monoisotopic (exact) mass is 332 g/mol. The first kappa shape index (κ1) is 14.0. The molecule has 4 nitrogen and oxygen atoms in total. The van der Waals surface area contributed by atoms with Crippen molar-refractivity contribution in [3.05, 3.63) is 28.7 Å². The number of rotatable bonds is 5. The van der Waals surface area contributed by atoms with E-state index < -0.39 is 10.0 Å². The Labute approximate surface area is 116 Å². The zero-order valence-electron chi connectivity index (χ0n) is 10.0. The van der Waals surface area contributed by atoms with Crippen molar-refractivity contribution >= 4 is 26.0 Å². The van der Waals surface area contributed by atoms with Crippen molar-refractivity contribution in [3.8, 4) is 0 Å². The van der Waals surface area contributed by atoms with Gasteiger partial charge < -0.3 is 5.32 Å². The highest BCUT2D eigenvalue weighted by molar-refractivity contribution is 9.10. The predicted molar refractivity (Wildman–Crippen MR) is 75.0 cm³/mol. The number of nitrogens with one attached hydrogen (secondary N) is 2. The molecule has 0 aliphatic carbocycles. The molecule has 18 heavy (non-hydrogen) atoms. The molecule has 0 aromatic heterocycles. The summed E-state index contributed by atoms with van der Waals surface area (Å²) in [4.78, 5) is 0.296. The lowest BCUT2D eigenvalue weighted by atomic mass is 10.2. The molecule has 1 unspecified atom stereocenters. The van der Waals surface area contributed by atoms with Crippen molar-refractivity contribution in [1.82, 2.24) is 10.0 Å². The highest BCUT2D eigenvalue weighted by Gasteiger charge is 2.18. The maximum Gasteiger partial charge on any atom is 0.241 e. The molecule has 2 N–H and O–H groups in total. The van der Waals surface area contributed by atoms with E-state index in [1.807, 2.05) is 0 Å². The summed E-state index contributed by atoms with van der Waals surface area (Å²) in [5, 5.41) is 3.35. The number of hydrogen-bond acceptors (Lipinski definition) is 3. The second-order valence-corrected chi connectivity index (χ2v) is 7.00. The summed E-state index contributed by atoms with van der Waals surface area (Å²) in [5.74, 6) is 0. The first-order chi connectivity index (χ1) is 8.59. The molecule has 1 saturated heterocycles. The van der Waals surface area contributed by atoms with Crippen molar-refractivity contribution in [2.24, 2.45) is 0 Å². The van der Waals surface area contributed by atoms with E-state index >= 15 is 0 Å². The molecular weight excluding hydrogens is 316 g/mol. The van der Waals surface area contributed by atoms with E-state index in [9.17, 15) is 8.42 Å². The molecule has 1 atom stereocenters. The lowest BCUT2D eigenvalue weighted by molar-refractivity contribution is 0.539. The minimum atomic E-state index is -3.41. The maximum absolute atomic E-state index is 12.1. The summed E-state index contributed by atoms with van der Waals surface area (Å²) < 4.78 is 27.4. The Morgan fingerprint density at radius 3 is 2.83 bits per heavy atom. The van der Waals surface area contributed by atoms with Crippen LogP contribution < -0.4 is 10.0 Å². The molecule has 0 bridgehead atoms. The van der Waals surface area contributed by atoms with Gasteiger partial charge in [-0.3, -0.25) is 0 Å². The van der Waals surface area contributed by atoms with Crippen molar-refractivity contribution in [2.75, 3.05) is 13.1 Å². The lowest BCUT2D eigenvalue weighted by Gasteiger charge is -2.11. The van der Waals surface area contributed by atoms with Crippen molar-refractivity contribution < 1.29 is 8.42 Å². The summed E-state index contributed by atoms with van der Waals surface area (Å²) in [6.45, 7) is 1.52. The molecule has 1 aromatic rings. The molecule has 0 amide bonds. The van der Waals surface area contributed by atoms with Gasteiger partial charge in [-0.1, -0.05) is 12.1 Å². The fraction of sp³-hybridized carbons (Fsp3) is 0.500.